The van der Waals surface area contributed by atoms with Crippen molar-refractivity contribution in [2.75, 3.05) is 11.4 Å². The van der Waals surface area contributed by atoms with Crippen LogP contribution in [0.2, 0.25) is 0 Å². The van der Waals surface area contributed by atoms with Crippen LogP contribution in [0.15, 0.2) is 48.3 Å². The molecule has 1 aliphatic rings. The van der Waals surface area contributed by atoms with Crippen LogP contribution < -0.4 is 4.90 Å². The number of anilines is 1. The third kappa shape index (κ3) is 2.24. The molecule has 0 atom stereocenters. The molecular weight excluding hydrogens is 217 g/mol. The standard InChI is InChI=1S/C11H9F3N2/c12-11(13,14)9-4-3-7-16(8-9)10-5-1-2-6-15-10/h1-6,8H,7H2. The van der Waals surface area contributed by atoms with Crippen molar-refractivity contribution in [3.8, 4) is 0 Å². The Balaban J connectivity index is 2.27. The maximum atomic E-state index is 12.5. The van der Waals surface area contributed by atoms with E-state index in [0.717, 1.165) is 12.3 Å². The Hall–Kier alpha value is -1.78. The number of nitrogens with zero attached hydrogens (tertiary/aromatic N) is 2. The lowest BCUT2D eigenvalue weighted by Gasteiger charge is -2.22. The number of allylic oxidation sites excluding steroid dienone is 2. The number of halogens is 3. The lowest BCUT2D eigenvalue weighted by Crippen LogP contribution is -2.24. The predicted octanol–water partition coefficient (Wildman–Crippen LogP) is 2.90. The van der Waals surface area contributed by atoms with Crippen LogP contribution in [0.4, 0.5) is 19.0 Å². The Labute approximate surface area is 90.7 Å². The molecule has 16 heavy (non-hydrogen) atoms. The molecule has 0 saturated carbocycles. The van der Waals surface area contributed by atoms with Crippen LogP contribution in [0.5, 0.6) is 0 Å². The third-order valence-electron chi connectivity index (χ3n) is 2.17. The average molecular weight is 226 g/mol. The maximum Gasteiger partial charge on any atom is 0.417 e. The number of hydrogen-bond acceptors (Lipinski definition) is 2. The second-order valence-corrected chi connectivity index (χ2v) is 3.32. The number of aromatic nitrogens is 1. The zero-order valence-electron chi connectivity index (χ0n) is 8.28. The van der Waals surface area contributed by atoms with Crippen molar-refractivity contribution in [1.29, 1.82) is 0 Å². The Morgan fingerprint density at radius 2 is 2.06 bits per heavy atom. The van der Waals surface area contributed by atoms with Crippen molar-refractivity contribution in [3.63, 3.8) is 0 Å². The molecule has 0 aromatic carbocycles. The highest BCUT2D eigenvalue weighted by molar-refractivity contribution is 5.47. The number of pyridine rings is 1. The van der Waals surface area contributed by atoms with E-state index in [0.29, 0.717) is 12.4 Å². The van der Waals surface area contributed by atoms with Crippen molar-refractivity contribution in [2.45, 2.75) is 6.18 Å². The molecular formula is C11H9F3N2. The second-order valence-electron chi connectivity index (χ2n) is 3.32. The van der Waals surface area contributed by atoms with Gasteiger partial charge in [-0.05, 0) is 12.1 Å². The summed E-state index contributed by atoms with van der Waals surface area (Å²) in [5.41, 5.74) is -0.663. The van der Waals surface area contributed by atoms with E-state index in [-0.39, 0.29) is 0 Å². The first-order valence-electron chi connectivity index (χ1n) is 4.70. The summed E-state index contributed by atoms with van der Waals surface area (Å²) in [6.45, 7) is 0.399. The number of rotatable bonds is 1. The normalized spacial score (nSPS) is 16.2. The summed E-state index contributed by atoms with van der Waals surface area (Å²) in [6.07, 6.45) is 0.859. The van der Waals surface area contributed by atoms with Gasteiger partial charge in [0.2, 0.25) is 0 Å². The predicted molar refractivity (Wildman–Crippen MR) is 54.9 cm³/mol. The summed E-state index contributed by atoms with van der Waals surface area (Å²) in [7, 11) is 0. The summed E-state index contributed by atoms with van der Waals surface area (Å²) < 4.78 is 37.4. The van der Waals surface area contributed by atoms with E-state index >= 15 is 0 Å². The lowest BCUT2D eigenvalue weighted by molar-refractivity contribution is -0.0885. The van der Waals surface area contributed by atoms with Crippen molar-refractivity contribution < 1.29 is 13.2 Å². The second kappa shape index (κ2) is 4.00. The molecule has 0 bridgehead atoms. The van der Waals surface area contributed by atoms with Gasteiger partial charge in [-0.1, -0.05) is 18.2 Å². The molecule has 0 fully saturated rings. The quantitative estimate of drug-likeness (QED) is 0.732. The molecule has 2 rings (SSSR count). The van der Waals surface area contributed by atoms with E-state index in [1.807, 2.05) is 0 Å². The topological polar surface area (TPSA) is 16.1 Å². The van der Waals surface area contributed by atoms with Gasteiger partial charge in [-0.3, -0.25) is 0 Å². The third-order valence-corrected chi connectivity index (χ3v) is 2.17. The van der Waals surface area contributed by atoms with E-state index in [2.05, 4.69) is 4.98 Å². The largest absolute Gasteiger partial charge is 0.417 e. The van der Waals surface area contributed by atoms with Gasteiger partial charge < -0.3 is 4.90 Å². The SMILES string of the molecule is FC(F)(F)C1=CN(c2ccccn2)CC=C1. The maximum absolute atomic E-state index is 12.5. The van der Waals surface area contributed by atoms with Gasteiger partial charge in [0.05, 0.1) is 5.57 Å². The van der Waals surface area contributed by atoms with E-state index in [9.17, 15) is 13.2 Å². The van der Waals surface area contributed by atoms with Gasteiger partial charge in [0, 0.05) is 18.9 Å². The fourth-order valence-electron chi connectivity index (χ4n) is 1.41. The van der Waals surface area contributed by atoms with Crippen molar-refractivity contribution >= 4 is 5.82 Å². The first-order valence-corrected chi connectivity index (χ1v) is 4.70. The highest BCUT2D eigenvalue weighted by atomic mass is 19.4. The van der Waals surface area contributed by atoms with E-state index in [1.165, 1.54) is 11.0 Å². The first-order chi connectivity index (χ1) is 7.57. The molecule has 1 aromatic rings. The van der Waals surface area contributed by atoms with Gasteiger partial charge >= 0.3 is 6.18 Å². The molecule has 0 aliphatic carbocycles. The number of hydrogen-bond donors (Lipinski definition) is 0. The van der Waals surface area contributed by atoms with Crippen molar-refractivity contribution in [3.05, 3.63) is 48.3 Å². The molecule has 0 N–H and O–H groups in total. The van der Waals surface area contributed by atoms with Gasteiger partial charge in [-0.25, -0.2) is 4.98 Å². The van der Waals surface area contributed by atoms with Crippen molar-refractivity contribution in [2.24, 2.45) is 0 Å². The Bertz CT molecular complexity index is 421. The van der Waals surface area contributed by atoms with Crippen LogP contribution in [0.3, 0.4) is 0 Å². The molecule has 0 unspecified atom stereocenters. The highest BCUT2D eigenvalue weighted by Gasteiger charge is 2.33. The lowest BCUT2D eigenvalue weighted by atomic mass is 10.2. The molecule has 0 amide bonds. The van der Waals surface area contributed by atoms with Crippen LogP contribution in [0.1, 0.15) is 0 Å². The summed E-state index contributed by atoms with van der Waals surface area (Å²) in [6, 6.07) is 5.13. The molecule has 1 aliphatic heterocycles. The minimum absolute atomic E-state index is 0.399. The fraction of sp³-hybridized carbons (Fsp3) is 0.182. The van der Waals surface area contributed by atoms with Gasteiger partial charge in [-0.15, -0.1) is 0 Å². The minimum Gasteiger partial charge on any atom is -0.329 e. The van der Waals surface area contributed by atoms with Crippen molar-refractivity contribution in [1.82, 2.24) is 4.98 Å². The fourth-order valence-corrected chi connectivity index (χ4v) is 1.41. The molecule has 84 valence electrons. The van der Waals surface area contributed by atoms with Gasteiger partial charge in [0.25, 0.3) is 0 Å². The molecule has 0 radical (unpaired) electrons. The molecule has 5 heteroatoms. The first kappa shape index (κ1) is 10.7. The van der Waals surface area contributed by atoms with Crippen LogP contribution in [0.25, 0.3) is 0 Å². The molecule has 0 saturated heterocycles. The summed E-state index contributed by atoms with van der Waals surface area (Å²) in [4.78, 5) is 5.46. The molecule has 2 nitrogen and oxygen atoms in total. The van der Waals surface area contributed by atoms with Crippen LogP contribution >= 0.6 is 0 Å². The van der Waals surface area contributed by atoms with Crippen LogP contribution in [-0.2, 0) is 0 Å². The minimum atomic E-state index is -4.32. The van der Waals surface area contributed by atoms with E-state index in [1.54, 1.807) is 24.4 Å². The Kier molecular flexibility index (Phi) is 2.68. The summed E-state index contributed by atoms with van der Waals surface area (Å²) in [5.74, 6) is 0.508. The van der Waals surface area contributed by atoms with Crippen LogP contribution in [0, 0.1) is 0 Å². The molecule has 2 heterocycles. The zero-order chi connectivity index (χ0) is 11.6. The summed E-state index contributed by atoms with van der Waals surface area (Å²) >= 11 is 0. The van der Waals surface area contributed by atoms with Gasteiger partial charge in [0.1, 0.15) is 5.82 Å². The van der Waals surface area contributed by atoms with Gasteiger partial charge in [-0.2, -0.15) is 13.2 Å². The Morgan fingerprint density at radius 3 is 2.69 bits per heavy atom. The molecule has 1 aromatic heterocycles. The zero-order valence-corrected chi connectivity index (χ0v) is 8.28. The summed E-state index contributed by atoms with van der Waals surface area (Å²) in [5, 5.41) is 0. The molecule has 0 spiro atoms. The Morgan fingerprint density at radius 1 is 1.25 bits per heavy atom. The van der Waals surface area contributed by atoms with E-state index < -0.39 is 11.7 Å². The monoisotopic (exact) mass is 226 g/mol. The highest BCUT2D eigenvalue weighted by Crippen LogP contribution is 2.29. The number of alkyl halides is 3. The average Bonchev–Trinajstić information content (AvgIpc) is 2.29. The van der Waals surface area contributed by atoms with Crippen LogP contribution in [-0.4, -0.2) is 17.7 Å². The smallest absolute Gasteiger partial charge is 0.329 e. The van der Waals surface area contributed by atoms with Gasteiger partial charge in [0.15, 0.2) is 0 Å². The van der Waals surface area contributed by atoms with E-state index in [4.69, 9.17) is 0 Å².